The molecule has 0 aromatic carbocycles. The van der Waals surface area contributed by atoms with Gasteiger partial charge in [-0.3, -0.25) is 0 Å². The molecule has 0 aliphatic heterocycles. The molecule has 8 heteroatoms. The first-order valence-electron chi connectivity index (χ1n) is 5.85. The third-order valence-corrected chi connectivity index (χ3v) is 2.67. The highest BCUT2D eigenvalue weighted by Gasteiger charge is 2.11. The van der Waals surface area contributed by atoms with Crippen LogP contribution in [0, 0.1) is 0 Å². The lowest BCUT2D eigenvalue weighted by atomic mass is 10.4. The van der Waals surface area contributed by atoms with Crippen molar-refractivity contribution in [2.75, 3.05) is 13.1 Å². The second-order valence-electron chi connectivity index (χ2n) is 3.99. The molecular weight excluding hydrogens is 238 g/mol. The Kier molecular flexibility index (Phi) is 5.05. The molecule has 1 heterocycles. The van der Waals surface area contributed by atoms with Gasteiger partial charge in [0.1, 0.15) is 0 Å². The number of rotatable bonds is 6. The van der Waals surface area contributed by atoms with Crippen molar-refractivity contribution in [2.45, 2.75) is 25.9 Å². The van der Waals surface area contributed by atoms with E-state index in [-0.39, 0.29) is 13.1 Å². The Hall–Kier alpha value is -1.67. The summed E-state index contributed by atoms with van der Waals surface area (Å²) in [5, 5.41) is 0. The SMILES string of the molecule is Cn1c(=O)n(CCCN)c(=O)n(CCCN)c1=O. The first-order valence-corrected chi connectivity index (χ1v) is 5.85. The standard InChI is InChI=1S/C10H19N5O3/c1-13-8(16)14(6-2-4-11)10(18)15(9(13)17)7-3-5-12/h2-7,11-12H2,1H3. The van der Waals surface area contributed by atoms with E-state index in [1.165, 1.54) is 7.05 Å². The van der Waals surface area contributed by atoms with E-state index in [1.807, 2.05) is 0 Å². The van der Waals surface area contributed by atoms with E-state index in [0.717, 1.165) is 13.7 Å². The lowest BCUT2D eigenvalue weighted by Gasteiger charge is -2.10. The van der Waals surface area contributed by atoms with Crippen molar-refractivity contribution in [1.29, 1.82) is 0 Å². The van der Waals surface area contributed by atoms with Crippen molar-refractivity contribution >= 4 is 0 Å². The van der Waals surface area contributed by atoms with Gasteiger partial charge in [0, 0.05) is 20.1 Å². The van der Waals surface area contributed by atoms with Crippen molar-refractivity contribution < 1.29 is 0 Å². The second kappa shape index (κ2) is 6.31. The van der Waals surface area contributed by atoms with E-state index < -0.39 is 17.1 Å². The van der Waals surface area contributed by atoms with Gasteiger partial charge in [-0.2, -0.15) is 0 Å². The maximum atomic E-state index is 12.0. The van der Waals surface area contributed by atoms with Crippen LogP contribution in [-0.2, 0) is 20.1 Å². The molecule has 0 radical (unpaired) electrons. The monoisotopic (exact) mass is 257 g/mol. The maximum absolute atomic E-state index is 12.0. The molecule has 0 aliphatic rings. The Morgan fingerprint density at radius 2 is 1.22 bits per heavy atom. The number of hydrogen-bond acceptors (Lipinski definition) is 5. The number of hydrogen-bond donors (Lipinski definition) is 2. The maximum Gasteiger partial charge on any atom is 0.336 e. The van der Waals surface area contributed by atoms with Gasteiger partial charge in [0.05, 0.1) is 0 Å². The topological polar surface area (TPSA) is 118 Å². The second-order valence-corrected chi connectivity index (χ2v) is 3.99. The van der Waals surface area contributed by atoms with Gasteiger partial charge >= 0.3 is 17.1 Å². The quantitative estimate of drug-likeness (QED) is 0.579. The van der Waals surface area contributed by atoms with E-state index >= 15 is 0 Å². The molecule has 0 spiro atoms. The van der Waals surface area contributed by atoms with Gasteiger partial charge in [-0.1, -0.05) is 0 Å². The molecule has 102 valence electrons. The van der Waals surface area contributed by atoms with Crippen LogP contribution in [0.3, 0.4) is 0 Å². The van der Waals surface area contributed by atoms with Crippen LogP contribution >= 0.6 is 0 Å². The van der Waals surface area contributed by atoms with Gasteiger partial charge in [-0.25, -0.2) is 28.1 Å². The van der Waals surface area contributed by atoms with Crippen LogP contribution in [0.4, 0.5) is 0 Å². The molecule has 0 aliphatic carbocycles. The molecule has 0 saturated heterocycles. The molecule has 0 bridgehead atoms. The largest absolute Gasteiger partial charge is 0.336 e. The van der Waals surface area contributed by atoms with Crippen LogP contribution in [0.15, 0.2) is 14.4 Å². The van der Waals surface area contributed by atoms with Crippen LogP contribution in [0.1, 0.15) is 12.8 Å². The molecule has 0 saturated carbocycles. The van der Waals surface area contributed by atoms with E-state index in [1.54, 1.807) is 0 Å². The summed E-state index contributed by atoms with van der Waals surface area (Å²) >= 11 is 0. The Bertz CT molecular complexity index is 522. The molecule has 0 fully saturated rings. The molecule has 0 unspecified atom stereocenters. The van der Waals surface area contributed by atoms with Crippen molar-refractivity contribution in [3.05, 3.63) is 31.5 Å². The Labute approximate surface area is 103 Å². The van der Waals surface area contributed by atoms with Crippen LogP contribution < -0.4 is 28.5 Å². The first kappa shape index (κ1) is 14.4. The molecule has 0 atom stereocenters. The number of nitrogens with zero attached hydrogens (tertiary/aromatic N) is 3. The molecular formula is C10H19N5O3. The molecule has 1 aromatic rings. The van der Waals surface area contributed by atoms with Crippen molar-refractivity contribution in [3.63, 3.8) is 0 Å². The van der Waals surface area contributed by atoms with Gasteiger partial charge < -0.3 is 11.5 Å². The van der Waals surface area contributed by atoms with Crippen molar-refractivity contribution in [3.8, 4) is 0 Å². The van der Waals surface area contributed by atoms with Gasteiger partial charge in [-0.15, -0.1) is 0 Å². The number of aromatic nitrogens is 3. The summed E-state index contributed by atoms with van der Waals surface area (Å²) in [6, 6.07) is 0. The fraction of sp³-hybridized carbons (Fsp3) is 0.700. The van der Waals surface area contributed by atoms with Crippen LogP contribution in [0.5, 0.6) is 0 Å². The van der Waals surface area contributed by atoms with Crippen molar-refractivity contribution in [2.24, 2.45) is 18.5 Å². The highest BCUT2D eigenvalue weighted by Crippen LogP contribution is 1.81. The van der Waals surface area contributed by atoms with Gasteiger partial charge in [0.15, 0.2) is 0 Å². The Morgan fingerprint density at radius 3 is 1.56 bits per heavy atom. The lowest BCUT2D eigenvalue weighted by molar-refractivity contribution is 0.457. The minimum Gasteiger partial charge on any atom is -0.330 e. The van der Waals surface area contributed by atoms with E-state index in [2.05, 4.69) is 0 Å². The average Bonchev–Trinajstić information content (AvgIpc) is 2.36. The average molecular weight is 257 g/mol. The molecule has 8 nitrogen and oxygen atoms in total. The van der Waals surface area contributed by atoms with Crippen LogP contribution in [-0.4, -0.2) is 26.8 Å². The zero-order chi connectivity index (χ0) is 13.7. The van der Waals surface area contributed by atoms with E-state index in [0.29, 0.717) is 25.9 Å². The van der Waals surface area contributed by atoms with Crippen LogP contribution in [0.25, 0.3) is 0 Å². The Morgan fingerprint density at radius 1 is 0.833 bits per heavy atom. The zero-order valence-corrected chi connectivity index (χ0v) is 10.5. The summed E-state index contributed by atoms with van der Waals surface area (Å²) in [4.78, 5) is 35.6. The van der Waals surface area contributed by atoms with Gasteiger partial charge in [0.25, 0.3) is 0 Å². The minimum atomic E-state index is -0.609. The smallest absolute Gasteiger partial charge is 0.330 e. The normalized spacial score (nSPS) is 10.8. The third-order valence-electron chi connectivity index (χ3n) is 2.67. The lowest BCUT2D eigenvalue weighted by Crippen LogP contribution is -2.53. The summed E-state index contributed by atoms with van der Waals surface area (Å²) < 4.78 is 2.99. The molecule has 1 aromatic heterocycles. The minimum absolute atomic E-state index is 0.213. The molecule has 4 N–H and O–H groups in total. The summed E-state index contributed by atoms with van der Waals surface area (Å²) in [5.41, 5.74) is 8.90. The molecule has 0 amide bonds. The summed E-state index contributed by atoms with van der Waals surface area (Å²) in [6.45, 7) is 1.17. The zero-order valence-electron chi connectivity index (χ0n) is 10.5. The predicted molar refractivity (Wildman–Crippen MR) is 67.5 cm³/mol. The highest BCUT2D eigenvalue weighted by atomic mass is 16.2. The van der Waals surface area contributed by atoms with E-state index in [9.17, 15) is 14.4 Å². The fourth-order valence-electron chi connectivity index (χ4n) is 1.63. The number of nitrogens with two attached hydrogens (primary N) is 2. The molecule has 1 rings (SSSR count). The highest BCUT2D eigenvalue weighted by molar-refractivity contribution is 4.77. The predicted octanol–water partition coefficient (Wildman–Crippen LogP) is -2.59. The van der Waals surface area contributed by atoms with E-state index in [4.69, 9.17) is 11.5 Å². The summed E-state index contributed by atoms with van der Waals surface area (Å²) in [7, 11) is 1.35. The van der Waals surface area contributed by atoms with Crippen LogP contribution in [0.2, 0.25) is 0 Å². The van der Waals surface area contributed by atoms with Gasteiger partial charge in [0.2, 0.25) is 0 Å². The Balaban J connectivity index is 3.35. The first-order chi connectivity index (χ1) is 8.54. The summed E-state index contributed by atoms with van der Waals surface area (Å²) in [6.07, 6.45) is 1.01. The third kappa shape index (κ3) is 2.77. The van der Waals surface area contributed by atoms with Gasteiger partial charge in [-0.05, 0) is 25.9 Å². The van der Waals surface area contributed by atoms with Crippen molar-refractivity contribution in [1.82, 2.24) is 13.7 Å². The molecule has 18 heavy (non-hydrogen) atoms. The summed E-state index contributed by atoms with van der Waals surface area (Å²) in [5.74, 6) is 0. The fourth-order valence-corrected chi connectivity index (χ4v) is 1.63.